The zero-order valence-corrected chi connectivity index (χ0v) is 11.1. The van der Waals surface area contributed by atoms with Gasteiger partial charge in [0.15, 0.2) is 0 Å². The third-order valence-corrected chi connectivity index (χ3v) is 3.24. The highest BCUT2D eigenvalue weighted by Gasteiger charge is 2.06. The van der Waals surface area contributed by atoms with Gasteiger partial charge < -0.3 is 5.32 Å². The van der Waals surface area contributed by atoms with Gasteiger partial charge in [-0.3, -0.25) is 4.98 Å². The predicted molar refractivity (Wildman–Crippen MR) is 75.5 cm³/mol. The topological polar surface area (TPSA) is 24.9 Å². The second-order valence-corrected chi connectivity index (χ2v) is 4.64. The average Bonchev–Trinajstić information content (AvgIpc) is 2.40. The first-order chi connectivity index (χ1) is 8.77. The summed E-state index contributed by atoms with van der Waals surface area (Å²) < 4.78 is 0. The van der Waals surface area contributed by atoms with Gasteiger partial charge in [-0.15, -0.1) is 0 Å². The maximum atomic E-state index is 4.13. The van der Waals surface area contributed by atoms with Crippen molar-refractivity contribution in [1.29, 1.82) is 0 Å². The highest BCUT2D eigenvalue weighted by atomic mass is 14.9. The summed E-state index contributed by atoms with van der Waals surface area (Å²) in [4.78, 5) is 4.13. The van der Waals surface area contributed by atoms with Gasteiger partial charge in [0.25, 0.3) is 0 Å². The second-order valence-electron chi connectivity index (χ2n) is 4.64. The Kier molecular flexibility index (Phi) is 4.48. The molecule has 2 rings (SSSR count). The number of nitrogens with zero attached hydrogens (tertiary/aromatic N) is 1. The lowest BCUT2D eigenvalue weighted by atomic mass is 10.0. The molecule has 0 saturated carbocycles. The van der Waals surface area contributed by atoms with Gasteiger partial charge in [0.05, 0.1) is 0 Å². The van der Waals surface area contributed by atoms with E-state index in [0.29, 0.717) is 6.04 Å². The Bertz CT molecular complexity index is 479. The van der Waals surface area contributed by atoms with Gasteiger partial charge in [-0.2, -0.15) is 0 Å². The molecule has 0 unspecified atom stereocenters. The van der Waals surface area contributed by atoms with Crippen molar-refractivity contribution in [2.75, 3.05) is 6.54 Å². The Morgan fingerprint density at radius 3 is 2.72 bits per heavy atom. The maximum absolute atomic E-state index is 4.13. The molecule has 0 saturated heterocycles. The van der Waals surface area contributed by atoms with Gasteiger partial charge in [0, 0.05) is 18.4 Å². The Hall–Kier alpha value is -1.67. The Balaban J connectivity index is 1.86. The van der Waals surface area contributed by atoms with Crippen LogP contribution in [0.4, 0.5) is 0 Å². The van der Waals surface area contributed by atoms with E-state index in [2.05, 4.69) is 54.5 Å². The number of pyridine rings is 1. The number of benzene rings is 1. The minimum absolute atomic E-state index is 0.392. The molecule has 2 heteroatoms. The standard InChI is InChI=1S/C16H20N2/c1-13-6-3-4-8-16(13)14(2)18-11-9-15-7-5-10-17-12-15/h3-8,10,12,14,18H,9,11H2,1-2H3/t14-/m0/s1. The summed E-state index contributed by atoms with van der Waals surface area (Å²) in [6.07, 6.45) is 4.76. The van der Waals surface area contributed by atoms with Crippen LogP contribution < -0.4 is 5.32 Å². The molecule has 0 aliphatic rings. The van der Waals surface area contributed by atoms with Crippen LogP contribution in [0.3, 0.4) is 0 Å². The molecule has 0 bridgehead atoms. The fourth-order valence-corrected chi connectivity index (χ4v) is 2.16. The SMILES string of the molecule is Cc1ccccc1[C@H](C)NCCc1cccnc1. The zero-order chi connectivity index (χ0) is 12.8. The number of hydrogen-bond donors (Lipinski definition) is 1. The van der Waals surface area contributed by atoms with Gasteiger partial charge in [-0.05, 0) is 49.6 Å². The molecule has 0 amide bonds. The van der Waals surface area contributed by atoms with Crippen molar-refractivity contribution >= 4 is 0 Å². The minimum Gasteiger partial charge on any atom is -0.310 e. The second kappa shape index (κ2) is 6.31. The summed E-state index contributed by atoms with van der Waals surface area (Å²) >= 11 is 0. The fraction of sp³-hybridized carbons (Fsp3) is 0.312. The van der Waals surface area contributed by atoms with Crippen molar-refractivity contribution in [3.05, 3.63) is 65.5 Å². The van der Waals surface area contributed by atoms with Crippen LogP contribution in [-0.4, -0.2) is 11.5 Å². The molecule has 0 aliphatic heterocycles. The molecule has 0 aliphatic carbocycles. The van der Waals surface area contributed by atoms with Gasteiger partial charge >= 0.3 is 0 Å². The highest BCUT2D eigenvalue weighted by molar-refractivity contribution is 5.28. The fourth-order valence-electron chi connectivity index (χ4n) is 2.16. The summed E-state index contributed by atoms with van der Waals surface area (Å²) in [7, 11) is 0. The highest BCUT2D eigenvalue weighted by Crippen LogP contribution is 2.16. The quantitative estimate of drug-likeness (QED) is 0.867. The van der Waals surface area contributed by atoms with Crippen LogP contribution in [0.25, 0.3) is 0 Å². The van der Waals surface area contributed by atoms with E-state index < -0.39 is 0 Å². The first-order valence-corrected chi connectivity index (χ1v) is 6.45. The van der Waals surface area contributed by atoms with Crippen LogP contribution in [0.5, 0.6) is 0 Å². The molecular formula is C16H20N2. The van der Waals surface area contributed by atoms with Crippen LogP contribution in [0.1, 0.15) is 29.7 Å². The molecule has 1 aromatic heterocycles. The van der Waals surface area contributed by atoms with Gasteiger partial charge in [-0.1, -0.05) is 30.3 Å². The lowest BCUT2D eigenvalue weighted by molar-refractivity contribution is 0.574. The number of aromatic nitrogens is 1. The number of rotatable bonds is 5. The molecule has 0 spiro atoms. The molecule has 2 aromatic rings. The van der Waals surface area contributed by atoms with Crippen molar-refractivity contribution in [2.24, 2.45) is 0 Å². The molecule has 1 N–H and O–H groups in total. The lowest BCUT2D eigenvalue weighted by Gasteiger charge is -2.16. The molecule has 94 valence electrons. The summed E-state index contributed by atoms with van der Waals surface area (Å²) in [5.74, 6) is 0. The molecule has 1 heterocycles. The first kappa shape index (κ1) is 12.8. The Labute approximate surface area is 109 Å². The first-order valence-electron chi connectivity index (χ1n) is 6.45. The third-order valence-electron chi connectivity index (χ3n) is 3.24. The van der Waals surface area contributed by atoms with E-state index in [4.69, 9.17) is 0 Å². The van der Waals surface area contributed by atoms with Crippen LogP contribution in [-0.2, 0) is 6.42 Å². The third kappa shape index (κ3) is 3.41. The summed E-state index contributed by atoms with van der Waals surface area (Å²) in [5, 5.41) is 3.56. The van der Waals surface area contributed by atoms with E-state index in [-0.39, 0.29) is 0 Å². The van der Waals surface area contributed by atoms with Gasteiger partial charge in [-0.25, -0.2) is 0 Å². The van der Waals surface area contributed by atoms with E-state index in [9.17, 15) is 0 Å². The summed E-state index contributed by atoms with van der Waals surface area (Å²) in [6.45, 7) is 5.35. The number of aryl methyl sites for hydroxylation is 1. The molecular weight excluding hydrogens is 220 g/mol. The molecule has 0 fully saturated rings. The molecule has 1 atom stereocenters. The normalized spacial score (nSPS) is 12.3. The summed E-state index contributed by atoms with van der Waals surface area (Å²) in [5.41, 5.74) is 4.00. The predicted octanol–water partition coefficient (Wildman–Crippen LogP) is 3.28. The Morgan fingerprint density at radius 2 is 2.00 bits per heavy atom. The van der Waals surface area contributed by atoms with E-state index >= 15 is 0 Å². The largest absolute Gasteiger partial charge is 0.310 e. The zero-order valence-electron chi connectivity index (χ0n) is 11.1. The monoisotopic (exact) mass is 240 g/mol. The minimum atomic E-state index is 0.392. The van der Waals surface area contributed by atoms with Crippen molar-refractivity contribution in [3.63, 3.8) is 0 Å². The molecule has 2 nitrogen and oxygen atoms in total. The summed E-state index contributed by atoms with van der Waals surface area (Å²) in [6, 6.07) is 13.0. The number of nitrogens with one attached hydrogen (secondary N) is 1. The van der Waals surface area contributed by atoms with Crippen molar-refractivity contribution < 1.29 is 0 Å². The molecule has 1 aromatic carbocycles. The molecule has 0 radical (unpaired) electrons. The van der Waals surface area contributed by atoms with Crippen LogP contribution >= 0.6 is 0 Å². The number of hydrogen-bond acceptors (Lipinski definition) is 2. The van der Waals surface area contributed by atoms with E-state index in [1.807, 2.05) is 18.5 Å². The maximum Gasteiger partial charge on any atom is 0.0300 e. The van der Waals surface area contributed by atoms with E-state index in [1.54, 1.807) is 0 Å². The average molecular weight is 240 g/mol. The smallest absolute Gasteiger partial charge is 0.0300 e. The van der Waals surface area contributed by atoms with Gasteiger partial charge in [0.1, 0.15) is 0 Å². The van der Waals surface area contributed by atoms with Crippen molar-refractivity contribution in [2.45, 2.75) is 26.3 Å². The van der Waals surface area contributed by atoms with Gasteiger partial charge in [0.2, 0.25) is 0 Å². The Morgan fingerprint density at radius 1 is 1.17 bits per heavy atom. The molecule has 18 heavy (non-hydrogen) atoms. The lowest BCUT2D eigenvalue weighted by Crippen LogP contribution is -2.22. The van der Waals surface area contributed by atoms with Crippen LogP contribution in [0.2, 0.25) is 0 Å². The van der Waals surface area contributed by atoms with Crippen LogP contribution in [0.15, 0.2) is 48.8 Å². The van der Waals surface area contributed by atoms with Crippen LogP contribution in [0, 0.1) is 6.92 Å². The van der Waals surface area contributed by atoms with Crippen molar-refractivity contribution in [3.8, 4) is 0 Å². The van der Waals surface area contributed by atoms with E-state index in [1.165, 1.54) is 16.7 Å². The van der Waals surface area contributed by atoms with Crippen molar-refractivity contribution in [1.82, 2.24) is 10.3 Å². The van der Waals surface area contributed by atoms with E-state index in [0.717, 1.165) is 13.0 Å².